The lowest BCUT2D eigenvalue weighted by Gasteiger charge is -2.02. The van der Waals surface area contributed by atoms with Gasteiger partial charge < -0.3 is 0 Å². The monoisotopic (exact) mass is 225 g/mol. The molecule has 0 bridgehead atoms. The molecule has 0 saturated carbocycles. The second-order valence-electron chi connectivity index (χ2n) is 3.84. The van der Waals surface area contributed by atoms with Crippen molar-refractivity contribution in [3.8, 4) is 0 Å². The third-order valence-electron chi connectivity index (χ3n) is 2.49. The third-order valence-corrected chi connectivity index (χ3v) is 2.49. The van der Waals surface area contributed by atoms with E-state index in [1.165, 1.54) is 6.07 Å². The molecule has 3 nitrogen and oxygen atoms in total. The van der Waals surface area contributed by atoms with Gasteiger partial charge in [-0.2, -0.15) is 0 Å². The molecular weight excluding hydrogens is 214 g/mol. The normalized spacial score (nSPS) is 9.94. The molecule has 0 amide bonds. The predicted octanol–water partition coefficient (Wildman–Crippen LogP) is 3.62. The molecule has 2 aromatic rings. The molecule has 2 rings (SSSR count). The highest BCUT2D eigenvalue weighted by Crippen LogP contribution is 2.17. The number of nitrogens with zero attached hydrogens (tertiary/aromatic N) is 1. The topological polar surface area (TPSA) is 46.5 Å². The van der Waals surface area contributed by atoms with Crippen molar-refractivity contribution in [2.45, 2.75) is 6.92 Å². The standard InChI is InChI=1S/C14H11NO2/c1-10-4-2-5-11(8-10)14(16)12-6-3-7-13(9-12)15-17/h2-9H,1H3. The molecule has 0 radical (unpaired) electrons. The van der Waals surface area contributed by atoms with E-state index in [1.54, 1.807) is 24.3 Å². The molecular formula is C14H11NO2. The lowest BCUT2D eigenvalue weighted by Crippen LogP contribution is -2.00. The number of ketones is 1. The van der Waals surface area contributed by atoms with Crippen LogP contribution in [0.2, 0.25) is 0 Å². The number of carbonyl (C=O) groups excluding carboxylic acids is 1. The van der Waals surface area contributed by atoms with Crippen LogP contribution in [0.1, 0.15) is 21.5 Å². The Labute approximate surface area is 99.1 Å². The maximum atomic E-state index is 12.1. The Morgan fingerprint density at radius 2 is 1.65 bits per heavy atom. The quantitative estimate of drug-likeness (QED) is 0.591. The first-order valence-electron chi connectivity index (χ1n) is 5.25. The van der Waals surface area contributed by atoms with E-state index in [0.29, 0.717) is 11.1 Å². The van der Waals surface area contributed by atoms with Gasteiger partial charge in [0.2, 0.25) is 0 Å². The number of nitroso groups, excluding NO2 is 1. The van der Waals surface area contributed by atoms with Crippen molar-refractivity contribution in [3.05, 3.63) is 70.1 Å². The van der Waals surface area contributed by atoms with Gasteiger partial charge in [-0.05, 0) is 30.3 Å². The lowest BCUT2D eigenvalue weighted by molar-refractivity contribution is 0.103. The van der Waals surface area contributed by atoms with Crippen LogP contribution < -0.4 is 0 Å². The van der Waals surface area contributed by atoms with Crippen LogP contribution >= 0.6 is 0 Å². The van der Waals surface area contributed by atoms with Crippen LogP contribution in [0.4, 0.5) is 5.69 Å². The van der Waals surface area contributed by atoms with Gasteiger partial charge in [0.15, 0.2) is 5.78 Å². The summed E-state index contributed by atoms with van der Waals surface area (Å²) in [5.74, 6) is -0.0980. The highest BCUT2D eigenvalue weighted by atomic mass is 16.3. The number of hydrogen-bond donors (Lipinski definition) is 0. The fourth-order valence-electron chi connectivity index (χ4n) is 1.66. The van der Waals surface area contributed by atoms with Crippen LogP contribution in [0.3, 0.4) is 0 Å². The summed E-state index contributed by atoms with van der Waals surface area (Å²) >= 11 is 0. The van der Waals surface area contributed by atoms with Crippen LogP contribution in [0.15, 0.2) is 53.7 Å². The van der Waals surface area contributed by atoms with Gasteiger partial charge in [-0.25, -0.2) is 0 Å². The molecule has 0 aliphatic carbocycles. The minimum Gasteiger partial charge on any atom is -0.289 e. The SMILES string of the molecule is Cc1cccc(C(=O)c2cccc(N=O)c2)c1. The van der Waals surface area contributed by atoms with E-state index in [0.717, 1.165) is 5.56 Å². The van der Waals surface area contributed by atoms with Gasteiger partial charge in [0, 0.05) is 11.1 Å². The average Bonchev–Trinajstić information content (AvgIpc) is 2.38. The molecule has 2 aromatic carbocycles. The second-order valence-corrected chi connectivity index (χ2v) is 3.84. The van der Waals surface area contributed by atoms with Gasteiger partial charge in [-0.3, -0.25) is 4.79 Å². The highest BCUT2D eigenvalue weighted by molar-refractivity contribution is 6.09. The number of rotatable bonds is 3. The summed E-state index contributed by atoms with van der Waals surface area (Å²) in [4.78, 5) is 22.5. The molecule has 0 spiro atoms. The van der Waals surface area contributed by atoms with E-state index >= 15 is 0 Å². The number of aryl methyl sites for hydroxylation is 1. The Bertz CT molecular complexity index is 576. The van der Waals surface area contributed by atoms with Crippen LogP contribution in [0.5, 0.6) is 0 Å². The van der Waals surface area contributed by atoms with Crippen molar-refractivity contribution in [1.29, 1.82) is 0 Å². The molecule has 0 unspecified atom stereocenters. The average molecular weight is 225 g/mol. The molecule has 0 aliphatic heterocycles. The molecule has 0 N–H and O–H groups in total. The maximum absolute atomic E-state index is 12.1. The van der Waals surface area contributed by atoms with Crippen molar-refractivity contribution < 1.29 is 4.79 Å². The summed E-state index contributed by atoms with van der Waals surface area (Å²) in [6.45, 7) is 1.93. The molecule has 0 atom stereocenters. The summed E-state index contributed by atoms with van der Waals surface area (Å²) in [6.07, 6.45) is 0. The number of carbonyl (C=O) groups is 1. The molecule has 0 aromatic heterocycles. The van der Waals surface area contributed by atoms with Crippen molar-refractivity contribution in [2.75, 3.05) is 0 Å². The molecule has 17 heavy (non-hydrogen) atoms. The molecule has 3 heteroatoms. The van der Waals surface area contributed by atoms with Crippen LogP contribution in [0.25, 0.3) is 0 Å². The van der Waals surface area contributed by atoms with Gasteiger partial charge in [0.05, 0.1) is 0 Å². The Kier molecular flexibility index (Phi) is 3.10. The summed E-state index contributed by atoms with van der Waals surface area (Å²) in [7, 11) is 0. The fraction of sp³-hybridized carbons (Fsp3) is 0.0714. The Hall–Kier alpha value is -2.29. The smallest absolute Gasteiger partial charge is 0.193 e. The van der Waals surface area contributed by atoms with Gasteiger partial charge >= 0.3 is 0 Å². The Morgan fingerprint density at radius 1 is 1.00 bits per heavy atom. The first kappa shape index (κ1) is 11.2. The van der Waals surface area contributed by atoms with Crippen LogP contribution in [-0.2, 0) is 0 Å². The van der Waals surface area contributed by atoms with Gasteiger partial charge in [0.25, 0.3) is 0 Å². The van der Waals surface area contributed by atoms with E-state index in [4.69, 9.17) is 0 Å². The van der Waals surface area contributed by atoms with Crippen molar-refractivity contribution >= 4 is 11.5 Å². The minimum atomic E-state index is -0.0980. The maximum Gasteiger partial charge on any atom is 0.193 e. The summed E-state index contributed by atoms with van der Waals surface area (Å²) < 4.78 is 0. The van der Waals surface area contributed by atoms with E-state index in [1.807, 2.05) is 25.1 Å². The molecule has 84 valence electrons. The van der Waals surface area contributed by atoms with Crippen molar-refractivity contribution in [1.82, 2.24) is 0 Å². The third kappa shape index (κ3) is 2.45. The van der Waals surface area contributed by atoms with Crippen molar-refractivity contribution in [3.63, 3.8) is 0 Å². The highest BCUT2D eigenvalue weighted by Gasteiger charge is 2.09. The zero-order chi connectivity index (χ0) is 12.3. The van der Waals surface area contributed by atoms with Crippen LogP contribution in [0, 0.1) is 11.8 Å². The van der Waals surface area contributed by atoms with Crippen molar-refractivity contribution in [2.24, 2.45) is 5.18 Å². The molecule has 0 fully saturated rings. The Balaban J connectivity index is 2.40. The fourth-order valence-corrected chi connectivity index (χ4v) is 1.66. The predicted molar refractivity (Wildman–Crippen MR) is 66.5 cm³/mol. The van der Waals surface area contributed by atoms with Gasteiger partial charge in [0.1, 0.15) is 5.69 Å². The second kappa shape index (κ2) is 4.70. The van der Waals surface area contributed by atoms with E-state index in [9.17, 15) is 9.70 Å². The largest absolute Gasteiger partial charge is 0.289 e. The zero-order valence-corrected chi connectivity index (χ0v) is 9.38. The van der Waals surface area contributed by atoms with Gasteiger partial charge in [-0.1, -0.05) is 35.9 Å². The zero-order valence-electron chi connectivity index (χ0n) is 9.38. The first-order chi connectivity index (χ1) is 8.20. The first-order valence-corrected chi connectivity index (χ1v) is 5.25. The Morgan fingerprint density at radius 3 is 2.29 bits per heavy atom. The molecule has 0 heterocycles. The number of hydrogen-bond acceptors (Lipinski definition) is 3. The van der Waals surface area contributed by atoms with E-state index < -0.39 is 0 Å². The number of benzene rings is 2. The van der Waals surface area contributed by atoms with Crippen LogP contribution in [-0.4, -0.2) is 5.78 Å². The van der Waals surface area contributed by atoms with E-state index in [2.05, 4.69) is 5.18 Å². The minimum absolute atomic E-state index is 0.0980. The summed E-state index contributed by atoms with van der Waals surface area (Å²) in [5, 5.41) is 2.82. The summed E-state index contributed by atoms with van der Waals surface area (Å²) in [5.41, 5.74) is 2.39. The lowest BCUT2D eigenvalue weighted by atomic mass is 10.0. The summed E-state index contributed by atoms with van der Waals surface area (Å²) in [6, 6.07) is 13.8. The van der Waals surface area contributed by atoms with E-state index in [-0.39, 0.29) is 11.5 Å². The molecule has 0 aliphatic rings. The van der Waals surface area contributed by atoms with Gasteiger partial charge in [-0.15, -0.1) is 4.91 Å². The molecule has 0 saturated heterocycles.